The molecular weight excluding hydrogens is 204 g/mol. The summed E-state index contributed by atoms with van der Waals surface area (Å²) in [5.74, 6) is 0.0897. The first-order valence-electron chi connectivity index (χ1n) is 6.47. The Morgan fingerprint density at radius 1 is 1.38 bits per heavy atom. The molecule has 1 atom stereocenters. The average molecular weight is 226 g/mol. The Balaban J connectivity index is 2.00. The van der Waals surface area contributed by atoms with Crippen LogP contribution in [0.15, 0.2) is 0 Å². The zero-order chi connectivity index (χ0) is 11.6. The smallest absolute Gasteiger partial charge is 0.309 e. The zero-order valence-corrected chi connectivity index (χ0v) is 10.1. The maximum Gasteiger partial charge on any atom is 0.309 e. The van der Waals surface area contributed by atoms with Gasteiger partial charge in [-0.15, -0.1) is 0 Å². The van der Waals surface area contributed by atoms with Gasteiger partial charge in [0.25, 0.3) is 0 Å². The van der Waals surface area contributed by atoms with Gasteiger partial charge in [-0.1, -0.05) is 6.92 Å². The van der Waals surface area contributed by atoms with Crippen LogP contribution in [-0.4, -0.2) is 23.8 Å². The van der Waals surface area contributed by atoms with E-state index in [1.165, 1.54) is 0 Å². The lowest BCUT2D eigenvalue weighted by Crippen LogP contribution is -2.38. The standard InChI is InChI=1S/C13H22O3/c1-10-4-6-13(7-5-10,12(14)15)9-11-3-2-8-16-11/h10-11H,2-9H2,1H3,(H,14,15). The van der Waals surface area contributed by atoms with Crippen LogP contribution >= 0.6 is 0 Å². The van der Waals surface area contributed by atoms with Crippen LogP contribution in [0.4, 0.5) is 0 Å². The van der Waals surface area contributed by atoms with Crippen molar-refractivity contribution in [3.05, 3.63) is 0 Å². The Bertz CT molecular complexity index is 248. The third-order valence-corrected chi connectivity index (χ3v) is 4.33. The van der Waals surface area contributed by atoms with Crippen molar-refractivity contribution in [2.75, 3.05) is 6.61 Å². The van der Waals surface area contributed by atoms with E-state index in [-0.39, 0.29) is 6.10 Å². The van der Waals surface area contributed by atoms with E-state index in [0.29, 0.717) is 5.92 Å². The zero-order valence-electron chi connectivity index (χ0n) is 10.1. The van der Waals surface area contributed by atoms with Gasteiger partial charge in [0.2, 0.25) is 0 Å². The van der Waals surface area contributed by atoms with E-state index in [4.69, 9.17) is 4.74 Å². The quantitative estimate of drug-likeness (QED) is 0.805. The van der Waals surface area contributed by atoms with Gasteiger partial charge in [0.15, 0.2) is 0 Å². The molecule has 1 saturated carbocycles. The fourth-order valence-electron chi connectivity index (χ4n) is 3.06. The molecule has 0 spiro atoms. The van der Waals surface area contributed by atoms with Gasteiger partial charge in [-0.3, -0.25) is 4.79 Å². The molecule has 1 N–H and O–H groups in total. The fraction of sp³-hybridized carbons (Fsp3) is 0.923. The van der Waals surface area contributed by atoms with Gasteiger partial charge in [0, 0.05) is 6.61 Å². The van der Waals surface area contributed by atoms with Crippen molar-refractivity contribution in [2.24, 2.45) is 11.3 Å². The maximum atomic E-state index is 11.5. The number of rotatable bonds is 3. The summed E-state index contributed by atoms with van der Waals surface area (Å²) in [5, 5.41) is 9.48. The summed E-state index contributed by atoms with van der Waals surface area (Å²) in [6.45, 7) is 3.04. The SMILES string of the molecule is CC1CCC(CC2CCCO2)(C(=O)O)CC1. The van der Waals surface area contributed by atoms with Gasteiger partial charge in [0.1, 0.15) is 0 Å². The lowest BCUT2D eigenvalue weighted by Gasteiger charge is -2.37. The van der Waals surface area contributed by atoms with Gasteiger partial charge in [0.05, 0.1) is 11.5 Å². The predicted molar refractivity (Wildman–Crippen MR) is 61.3 cm³/mol. The molecule has 3 nitrogen and oxygen atoms in total. The van der Waals surface area contributed by atoms with Crippen molar-refractivity contribution < 1.29 is 14.6 Å². The molecule has 0 aromatic carbocycles. The van der Waals surface area contributed by atoms with Crippen LogP contribution in [0.25, 0.3) is 0 Å². The number of hydrogen-bond acceptors (Lipinski definition) is 2. The second kappa shape index (κ2) is 4.74. The van der Waals surface area contributed by atoms with Crippen LogP contribution in [0.2, 0.25) is 0 Å². The summed E-state index contributed by atoms with van der Waals surface area (Å²) in [7, 11) is 0. The Hall–Kier alpha value is -0.570. The first kappa shape index (κ1) is 11.9. The van der Waals surface area contributed by atoms with E-state index in [9.17, 15) is 9.90 Å². The van der Waals surface area contributed by atoms with Gasteiger partial charge < -0.3 is 9.84 Å². The Morgan fingerprint density at radius 2 is 2.06 bits per heavy atom. The molecule has 1 heterocycles. The molecule has 0 bridgehead atoms. The molecule has 3 heteroatoms. The molecule has 2 fully saturated rings. The summed E-state index contributed by atoms with van der Waals surface area (Å²) < 4.78 is 5.59. The average Bonchev–Trinajstić information content (AvgIpc) is 2.74. The minimum absolute atomic E-state index is 0.199. The van der Waals surface area contributed by atoms with E-state index >= 15 is 0 Å². The molecule has 0 aromatic heterocycles. The second-order valence-electron chi connectivity index (χ2n) is 5.61. The summed E-state index contributed by atoms with van der Waals surface area (Å²) in [5.41, 5.74) is -0.485. The number of aliphatic carboxylic acids is 1. The first-order chi connectivity index (χ1) is 7.62. The highest BCUT2D eigenvalue weighted by Crippen LogP contribution is 2.44. The lowest BCUT2D eigenvalue weighted by atomic mass is 9.68. The van der Waals surface area contributed by atoms with Gasteiger partial charge in [-0.25, -0.2) is 0 Å². The van der Waals surface area contributed by atoms with Crippen molar-refractivity contribution in [2.45, 2.75) is 58.0 Å². The Kier molecular flexibility index (Phi) is 3.53. The minimum Gasteiger partial charge on any atom is -0.481 e. The van der Waals surface area contributed by atoms with E-state index in [0.717, 1.165) is 51.6 Å². The molecule has 2 rings (SSSR count). The normalized spacial score (nSPS) is 39.8. The first-order valence-corrected chi connectivity index (χ1v) is 6.47. The van der Waals surface area contributed by atoms with Crippen LogP contribution in [0, 0.1) is 11.3 Å². The monoisotopic (exact) mass is 226 g/mol. The summed E-state index contributed by atoms with van der Waals surface area (Å²) in [6.07, 6.45) is 6.85. The lowest BCUT2D eigenvalue weighted by molar-refractivity contribution is -0.154. The molecule has 16 heavy (non-hydrogen) atoms. The maximum absolute atomic E-state index is 11.5. The molecule has 2 aliphatic rings. The summed E-state index contributed by atoms with van der Waals surface area (Å²) in [6, 6.07) is 0. The molecule has 0 aromatic rings. The largest absolute Gasteiger partial charge is 0.481 e. The molecule has 0 amide bonds. The van der Waals surface area contributed by atoms with E-state index in [1.807, 2.05) is 0 Å². The molecular formula is C13H22O3. The third-order valence-electron chi connectivity index (χ3n) is 4.33. The van der Waals surface area contributed by atoms with Crippen molar-refractivity contribution in [3.63, 3.8) is 0 Å². The van der Waals surface area contributed by atoms with Crippen LogP contribution in [0.5, 0.6) is 0 Å². The number of carbonyl (C=O) groups is 1. The highest BCUT2D eigenvalue weighted by molar-refractivity contribution is 5.74. The van der Waals surface area contributed by atoms with Crippen molar-refractivity contribution in [3.8, 4) is 0 Å². The molecule has 92 valence electrons. The Labute approximate surface area is 97.2 Å². The number of ether oxygens (including phenoxy) is 1. The van der Waals surface area contributed by atoms with Gasteiger partial charge in [-0.2, -0.15) is 0 Å². The highest BCUT2D eigenvalue weighted by atomic mass is 16.5. The van der Waals surface area contributed by atoms with E-state index in [2.05, 4.69) is 6.92 Å². The number of carboxylic acid groups (broad SMARTS) is 1. The number of hydrogen-bond donors (Lipinski definition) is 1. The van der Waals surface area contributed by atoms with Crippen molar-refractivity contribution in [1.29, 1.82) is 0 Å². The molecule has 1 aliphatic heterocycles. The highest BCUT2D eigenvalue weighted by Gasteiger charge is 2.43. The molecule has 1 saturated heterocycles. The molecule has 1 unspecified atom stereocenters. The third kappa shape index (κ3) is 2.40. The number of carboxylic acids is 1. The van der Waals surface area contributed by atoms with Crippen LogP contribution in [-0.2, 0) is 9.53 Å². The molecule has 0 radical (unpaired) electrons. The van der Waals surface area contributed by atoms with Crippen LogP contribution in [0.1, 0.15) is 51.9 Å². The van der Waals surface area contributed by atoms with Gasteiger partial charge in [-0.05, 0) is 50.9 Å². The molecule has 1 aliphatic carbocycles. The second-order valence-corrected chi connectivity index (χ2v) is 5.61. The fourth-order valence-corrected chi connectivity index (χ4v) is 3.06. The topological polar surface area (TPSA) is 46.5 Å². The predicted octanol–water partition coefficient (Wildman–Crippen LogP) is 2.84. The summed E-state index contributed by atoms with van der Waals surface area (Å²) in [4.78, 5) is 11.5. The van der Waals surface area contributed by atoms with Crippen LogP contribution in [0.3, 0.4) is 0 Å². The van der Waals surface area contributed by atoms with Gasteiger partial charge >= 0.3 is 5.97 Å². The van der Waals surface area contributed by atoms with Crippen LogP contribution < -0.4 is 0 Å². The van der Waals surface area contributed by atoms with E-state index < -0.39 is 11.4 Å². The summed E-state index contributed by atoms with van der Waals surface area (Å²) >= 11 is 0. The van der Waals surface area contributed by atoms with Crippen molar-refractivity contribution in [1.82, 2.24) is 0 Å². The minimum atomic E-state index is -0.602. The van der Waals surface area contributed by atoms with Crippen molar-refractivity contribution >= 4 is 5.97 Å². The van der Waals surface area contributed by atoms with E-state index in [1.54, 1.807) is 0 Å². The Morgan fingerprint density at radius 3 is 2.56 bits per heavy atom.